The first-order valence-corrected chi connectivity index (χ1v) is 6.86. The summed E-state index contributed by atoms with van der Waals surface area (Å²) in [6.45, 7) is 4.41. The minimum Gasteiger partial charge on any atom is -0.328 e. The summed E-state index contributed by atoms with van der Waals surface area (Å²) in [7, 11) is -3.03. The van der Waals surface area contributed by atoms with E-state index < -0.39 is 10.0 Å². The molecule has 0 aliphatic rings. The van der Waals surface area contributed by atoms with E-state index in [9.17, 15) is 8.42 Å². The number of nitrogens with one attached hydrogen (secondary N) is 1. The molecule has 0 rings (SSSR count). The van der Waals surface area contributed by atoms with Crippen molar-refractivity contribution in [1.29, 1.82) is 0 Å². The minimum absolute atomic E-state index is 0.148. The zero-order chi connectivity index (χ0) is 11.0. The van der Waals surface area contributed by atoms with Crippen molar-refractivity contribution in [1.82, 2.24) is 4.72 Å². The quantitative estimate of drug-likeness (QED) is 0.598. The molecule has 0 amide bonds. The van der Waals surface area contributed by atoms with Crippen LogP contribution < -0.4 is 10.5 Å². The Morgan fingerprint density at radius 3 is 2.50 bits per heavy atom. The average Bonchev–Trinajstić information content (AvgIpc) is 2.09. The van der Waals surface area contributed by atoms with Crippen LogP contribution in [0.2, 0.25) is 0 Å². The van der Waals surface area contributed by atoms with Crippen molar-refractivity contribution in [3.63, 3.8) is 0 Å². The maximum atomic E-state index is 11.3. The maximum absolute atomic E-state index is 11.3. The lowest BCUT2D eigenvalue weighted by Gasteiger charge is -2.07. The van der Waals surface area contributed by atoms with Crippen molar-refractivity contribution >= 4 is 10.0 Å². The molecule has 0 aromatic carbocycles. The molecule has 1 atom stereocenters. The summed E-state index contributed by atoms with van der Waals surface area (Å²) >= 11 is 0. The molecule has 3 N–H and O–H groups in total. The molecule has 0 fully saturated rings. The second-order valence-corrected chi connectivity index (χ2v) is 5.61. The van der Waals surface area contributed by atoms with E-state index in [2.05, 4.69) is 4.72 Å². The second-order valence-electron chi connectivity index (χ2n) is 3.69. The highest BCUT2D eigenvalue weighted by molar-refractivity contribution is 7.89. The van der Waals surface area contributed by atoms with E-state index in [1.807, 2.05) is 13.8 Å². The highest BCUT2D eigenvalue weighted by Gasteiger charge is 2.07. The summed E-state index contributed by atoms with van der Waals surface area (Å²) in [5.41, 5.74) is 5.55. The Hall–Kier alpha value is -0.130. The normalized spacial score (nSPS) is 14.2. The third kappa shape index (κ3) is 8.47. The van der Waals surface area contributed by atoms with Gasteiger partial charge in [0.15, 0.2) is 0 Å². The average molecular weight is 222 g/mol. The Balaban J connectivity index is 3.56. The van der Waals surface area contributed by atoms with Gasteiger partial charge < -0.3 is 5.73 Å². The number of nitrogens with two attached hydrogens (primary N) is 1. The smallest absolute Gasteiger partial charge is 0.211 e. The number of hydrogen-bond acceptors (Lipinski definition) is 3. The Bertz CT molecular complexity index is 225. The van der Waals surface area contributed by atoms with Crippen LogP contribution in [-0.4, -0.2) is 26.8 Å². The van der Waals surface area contributed by atoms with Crippen molar-refractivity contribution in [2.45, 2.75) is 45.6 Å². The molecule has 5 heteroatoms. The van der Waals surface area contributed by atoms with E-state index in [0.717, 1.165) is 25.7 Å². The summed E-state index contributed by atoms with van der Waals surface area (Å²) < 4.78 is 25.1. The third-order valence-electron chi connectivity index (χ3n) is 1.92. The first kappa shape index (κ1) is 13.9. The highest BCUT2D eigenvalue weighted by atomic mass is 32.2. The largest absolute Gasteiger partial charge is 0.328 e. The maximum Gasteiger partial charge on any atom is 0.211 e. The van der Waals surface area contributed by atoms with E-state index in [1.165, 1.54) is 0 Å². The van der Waals surface area contributed by atoms with Gasteiger partial charge >= 0.3 is 0 Å². The molecule has 0 saturated carbocycles. The summed E-state index contributed by atoms with van der Waals surface area (Å²) in [5.74, 6) is 0.238. The summed E-state index contributed by atoms with van der Waals surface area (Å²) in [5, 5.41) is 0. The van der Waals surface area contributed by atoms with E-state index in [0.29, 0.717) is 6.54 Å². The summed E-state index contributed by atoms with van der Waals surface area (Å²) in [6.07, 6.45) is 3.29. The van der Waals surface area contributed by atoms with Crippen LogP contribution in [0.15, 0.2) is 0 Å². The van der Waals surface area contributed by atoms with Gasteiger partial charge in [0.1, 0.15) is 0 Å². The fourth-order valence-electron chi connectivity index (χ4n) is 1.06. The van der Waals surface area contributed by atoms with Crippen LogP contribution in [0.1, 0.15) is 39.5 Å². The van der Waals surface area contributed by atoms with Crippen LogP contribution in [-0.2, 0) is 10.0 Å². The van der Waals surface area contributed by atoms with Gasteiger partial charge in [0.05, 0.1) is 5.75 Å². The number of rotatable bonds is 8. The fraction of sp³-hybridized carbons (Fsp3) is 1.00. The molecule has 0 aromatic heterocycles. The van der Waals surface area contributed by atoms with Crippen LogP contribution in [0.3, 0.4) is 0 Å². The third-order valence-corrected chi connectivity index (χ3v) is 3.39. The van der Waals surface area contributed by atoms with E-state index in [1.54, 1.807) is 0 Å². The molecule has 0 bridgehead atoms. The van der Waals surface area contributed by atoms with Gasteiger partial charge in [0.2, 0.25) is 10.0 Å². The van der Waals surface area contributed by atoms with Crippen molar-refractivity contribution in [2.24, 2.45) is 5.73 Å². The van der Waals surface area contributed by atoms with Gasteiger partial charge in [-0.2, -0.15) is 0 Å². The molecule has 1 unspecified atom stereocenters. The first-order valence-electron chi connectivity index (χ1n) is 5.21. The van der Waals surface area contributed by atoms with Gasteiger partial charge in [-0.3, -0.25) is 0 Å². The molecule has 14 heavy (non-hydrogen) atoms. The van der Waals surface area contributed by atoms with Gasteiger partial charge in [0.25, 0.3) is 0 Å². The standard InChI is InChI=1S/C9H22N2O2S/c1-3-4-8-14(12,13)11-7-5-6-9(2)10/h9,11H,3-8,10H2,1-2H3. The van der Waals surface area contributed by atoms with Crippen LogP contribution >= 0.6 is 0 Å². The molecular weight excluding hydrogens is 200 g/mol. The number of unbranched alkanes of at least 4 members (excludes halogenated alkanes) is 1. The lowest BCUT2D eigenvalue weighted by atomic mass is 10.2. The van der Waals surface area contributed by atoms with Crippen LogP contribution in [0.4, 0.5) is 0 Å². The van der Waals surface area contributed by atoms with Gasteiger partial charge in [0, 0.05) is 12.6 Å². The molecule has 0 spiro atoms. The molecule has 0 aliphatic heterocycles. The molecule has 0 radical (unpaired) electrons. The lowest BCUT2D eigenvalue weighted by molar-refractivity contribution is 0.565. The van der Waals surface area contributed by atoms with Crippen molar-refractivity contribution in [3.05, 3.63) is 0 Å². The summed E-state index contributed by atoms with van der Waals surface area (Å²) in [4.78, 5) is 0. The number of hydrogen-bond donors (Lipinski definition) is 2. The Labute approximate surface area is 87.3 Å². The van der Waals surface area contributed by atoms with Gasteiger partial charge in [-0.15, -0.1) is 0 Å². The zero-order valence-corrected chi connectivity index (χ0v) is 9.94. The Morgan fingerprint density at radius 1 is 1.36 bits per heavy atom. The van der Waals surface area contributed by atoms with Crippen molar-refractivity contribution < 1.29 is 8.42 Å². The molecule has 0 saturated heterocycles. The van der Waals surface area contributed by atoms with Gasteiger partial charge in [-0.05, 0) is 26.2 Å². The van der Waals surface area contributed by atoms with Crippen LogP contribution in [0.25, 0.3) is 0 Å². The highest BCUT2D eigenvalue weighted by Crippen LogP contribution is 1.96. The molecule has 0 heterocycles. The van der Waals surface area contributed by atoms with Crippen molar-refractivity contribution in [3.8, 4) is 0 Å². The Kier molecular flexibility index (Phi) is 7.13. The van der Waals surface area contributed by atoms with Gasteiger partial charge in [-0.25, -0.2) is 13.1 Å². The topological polar surface area (TPSA) is 72.2 Å². The lowest BCUT2D eigenvalue weighted by Crippen LogP contribution is -2.28. The number of sulfonamides is 1. The van der Waals surface area contributed by atoms with Crippen LogP contribution in [0.5, 0.6) is 0 Å². The fourth-order valence-corrected chi connectivity index (χ4v) is 2.33. The molecular formula is C9H22N2O2S. The summed E-state index contributed by atoms with van der Waals surface area (Å²) in [6, 6.07) is 0.148. The first-order chi connectivity index (χ1) is 6.48. The van der Waals surface area contributed by atoms with Crippen LogP contribution in [0, 0.1) is 0 Å². The SMILES string of the molecule is CCCCS(=O)(=O)NCCCC(C)N. The Morgan fingerprint density at radius 2 is 2.00 bits per heavy atom. The van der Waals surface area contributed by atoms with E-state index in [4.69, 9.17) is 5.73 Å². The zero-order valence-electron chi connectivity index (χ0n) is 9.12. The molecule has 4 nitrogen and oxygen atoms in total. The monoisotopic (exact) mass is 222 g/mol. The van der Waals surface area contributed by atoms with Gasteiger partial charge in [-0.1, -0.05) is 13.3 Å². The second kappa shape index (κ2) is 7.20. The molecule has 0 aliphatic carbocycles. The molecule has 0 aromatic rings. The predicted octanol–water partition coefficient (Wildman–Crippen LogP) is 0.833. The minimum atomic E-state index is -3.03. The van der Waals surface area contributed by atoms with E-state index >= 15 is 0 Å². The predicted molar refractivity (Wildman–Crippen MR) is 59.6 cm³/mol. The molecule has 86 valence electrons. The van der Waals surface area contributed by atoms with E-state index in [-0.39, 0.29) is 11.8 Å². The van der Waals surface area contributed by atoms with Crippen molar-refractivity contribution in [2.75, 3.05) is 12.3 Å².